The van der Waals surface area contributed by atoms with Gasteiger partial charge in [-0.25, -0.2) is 4.39 Å². The highest BCUT2D eigenvalue weighted by molar-refractivity contribution is 6.34. The van der Waals surface area contributed by atoms with Gasteiger partial charge in [-0.05, 0) is 47.9 Å². The molecule has 1 nitrogen and oxygen atoms in total. The van der Waals surface area contributed by atoms with Crippen molar-refractivity contribution in [1.29, 1.82) is 0 Å². The molecule has 128 valence electrons. The average Bonchev–Trinajstić information content (AvgIpc) is 2.40. The van der Waals surface area contributed by atoms with E-state index in [2.05, 4.69) is 0 Å². The van der Waals surface area contributed by atoms with Crippen LogP contribution in [0, 0.1) is 12.7 Å². The summed E-state index contributed by atoms with van der Waals surface area (Å²) < 4.78 is 53.7. The molecule has 0 aliphatic carbocycles. The predicted octanol–water partition coefficient (Wildman–Crippen LogP) is 5.90. The van der Waals surface area contributed by atoms with E-state index in [-0.39, 0.29) is 21.2 Å². The van der Waals surface area contributed by atoms with Gasteiger partial charge in [0.15, 0.2) is 5.78 Å². The summed E-state index contributed by atoms with van der Waals surface area (Å²) in [7, 11) is 0. The minimum atomic E-state index is -4.81. The van der Waals surface area contributed by atoms with Crippen molar-refractivity contribution >= 4 is 29.0 Å². The summed E-state index contributed by atoms with van der Waals surface area (Å²) in [5.74, 6) is -4.06. The molecular formula is C17H12Cl2F4O. The Bertz CT molecular complexity index is 751. The Morgan fingerprint density at radius 1 is 1.08 bits per heavy atom. The second kappa shape index (κ2) is 7.11. The molecule has 0 aromatic heterocycles. The molecule has 0 spiro atoms. The molecule has 0 bridgehead atoms. The first-order valence-corrected chi connectivity index (χ1v) is 7.64. The van der Waals surface area contributed by atoms with Gasteiger partial charge in [0.1, 0.15) is 11.7 Å². The highest BCUT2D eigenvalue weighted by Crippen LogP contribution is 2.38. The SMILES string of the molecule is Cc1ccc(CC(=O)C(c2cc(Cl)cc(Cl)c2)C(F)(F)F)cc1F. The van der Waals surface area contributed by atoms with Crippen molar-refractivity contribution in [3.05, 3.63) is 69.0 Å². The number of aryl methyl sites for hydroxylation is 1. The van der Waals surface area contributed by atoms with Crippen LogP contribution in [0.2, 0.25) is 10.0 Å². The maximum absolute atomic E-state index is 13.5. The van der Waals surface area contributed by atoms with E-state index in [1.54, 1.807) is 0 Å². The zero-order chi connectivity index (χ0) is 18.1. The predicted molar refractivity (Wildman–Crippen MR) is 85.1 cm³/mol. The Kier molecular flexibility index (Phi) is 5.56. The number of rotatable bonds is 4. The number of hydrogen-bond acceptors (Lipinski definition) is 1. The lowest BCUT2D eigenvalue weighted by molar-refractivity contribution is -0.163. The van der Waals surface area contributed by atoms with Gasteiger partial charge in [0.05, 0.1) is 0 Å². The minimum Gasteiger partial charge on any atom is -0.298 e. The third-order valence-electron chi connectivity index (χ3n) is 3.48. The van der Waals surface area contributed by atoms with Gasteiger partial charge in [-0.2, -0.15) is 13.2 Å². The van der Waals surface area contributed by atoms with Crippen molar-refractivity contribution in [2.24, 2.45) is 0 Å². The zero-order valence-electron chi connectivity index (χ0n) is 12.4. The number of halogens is 6. The van der Waals surface area contributed by atoms with E-state index in [0.29, 0.717) is 5.56 Å². The second-order valence-electron chi connectivity index (χ2n) is 5.40. The van der Waals surface area contributed by atoms with E-state index in [4.69, 9.17) is 23.2 Å². The summed E-state index contributed by atoms with van der Waals surface area (Å²) >= 11 is 11.5. The topological polar surface area (TPSA) is 17.1 Å². The number of benzene rings is 2. The number of carbonyl (C=O) groups is 1. The van der Waals surface area contributed by atoms with E-state index in [0.717, 1.165) is 18.2 Å². The Morgan fingerprint density at radius 2 is 1.67 bits per heavy atom. The van der Waals surface area contributed by atoms with Gasteiger partial charge in [-0.3, -0.25) is 4.79 Å². The Labute approximate surface area is 146 Å². The molecule has 0 N–H and O–H groups in total. The monoisotopic (exact) mass is 378 g/mol. The van der Waals surface area contributed by atoms with E-state index < -0.39 is 30.1 Å². The van der Waals surface area contributed by atoms with Gasteiger partial charge in [0, 0.05) is 16.5 Å². The lowest BCUT2D eigenvalue weighted by atomic mass is 9.90. The maximum atomic E-state index is 13.5. The third-order valence-corrected chi connectivity index (χ3v) is 3.92. The summed E-state index contributed by atoms with van der Waals surface area (Å²) in [6.45, 7) is 1.52. The number of hydrogen-bond donors (Lipinski definition) is 0. The van der Waals surface area contributed by atoms with E-state index in [1.807, 2.05) is 0 Å². The Morgan fingerprint density at radius 3 is 2.17 bits per heavy atom. The van der Waals surface area contributed by atoms with Crippen LogP contribution in [0.25, 0.3) is 0 Å². The lowest BCUT2D eigenvalue weighted by Crippen LogP contribution is -2.29. The molecular weight excluding hydrogens is 367 g/mol. The smallest absolute Gasteiger partial charge is 0.298 e. The summed E-state index contributed by atoms with van der Waals surface area (Å²) in [5.41, 5.74) is 0.184. The fourth-order valence-corrected chi connectivity index (χ4v) is 2.89. The fourth-order valence-electron chi connectivity index (χ4n) is 2.35. The summed E-state index contributed by atoms with van der Waals surface area (Å²) in [4.78, 5) is 12.2. The normalized spacial score (nSPS) is 13.0. The molecule has 0 heterocycles. The summed E-state index contributed by atoms with van der Waals surface area (Å²) in [5, 5.41) is 0.00172. The van der Waals surface area contributed by atoms with Gasteiger partial charge in [-0.1, -0.05) is 35.3 Å². The van der Waals surface area contributed by atoms with Crippen molar-refractivity contribution in [1.82, 2.24) is 0 Å². The van der Waals surface area contributed by atoms with Gasteiger partial charge in [0.2, 0.25) is 0 Å². The van der Waals surface area contributed by atoms with Crippen LogP contribution in [-0.2, 0) is 11.2 Å². The van der Waals surface area contributed by atoms with Crippen molar-refractivity contribution < 1.29 is 22.4 Å². The highest BCUT2D eigenvalue weighted by atomic mass is 35.5. The van der Waals surface area contributed by atoms with Gasteiger partial charge in [-0.15, -0.1) is 0 Å². The first-order valence-electron chi connectivity index (χ1n) is 6.88. The first kappa shape index (κ1) is 18.7. The van der Waals surface area contributed by atoms with E-state index >= 15 is 0 Å². The molecule has 0 amide bonds. The number of Topliss-reactive ketones (excluding diaryl/α,β-unsaturated/α-hetero) is 1. The van der Waals surface area contributed by atoms with E-state index in [9.17, 15) is 22.4 Å². The number of alkyl halides is 3. The average molecular weight is 379 g/mol. The molecule has 2 aromatic rings. The van der Waals surface area contributed by atoms with Crippen LogP contribution in [0.15, 0.2) is 36.4 Å². The lowest BCUT2D eigenvalue weighted by Gasteiger charge is -2.20. The molecule has 0 aliphatic rings. The van der Waals surface area contributed by atoms with Crippen molar-refractivity contribution in [3.8, 4) is 0 Å². The van der Waals surface area contributed by atoms with Gasteiger partial charge >= 0.3 is 6.18 Å². The minimum absolute atomic E-state index is 0.000861. The molecule has 0 radical (unpaired) electrons. The van der Waals surface area contributed by atoms with Gasteiger partial charge < -0.3 is 0 Å². The van der Waals surface area contributed by atoms with Crippen LogP contribution in [0.1, 0.15) is 22.6 Å². The van der Waals surface area contributed by atoms with Crippen LogP contribution >= 0.6 is 23.2 Å². The van der Waals surface area contributed by atoms with E-state index in [1.165, 1.54) is 25.1 Å². The number of carbonyl (C=O) groups excluding carboxylic acids is 1. The molecule has 7 heteroatoms. The molecule has 2 aromatic carbocycles. The second-order valence-corrected chi connectivity index (χ2v) is 6.28. The highest BCUT2D eigenvalue weighted by Gasteiger charge is 2.45. The first-order chi connectivity index (χ1) is 11.1. The summed E-state index contributed by atoms with van der Waals surface area (Å²) in [6, 6.07) is 7.29. The Hall–Kier alpha value is -1.59. The van der Waals surface area contributed by atoms with Crippen molar-refractivity contribution in [2.75, 3.05) is 0 Å². The molecule has 24 heavy (non-hydrogen) atoms. The quantitative estimate of drug-likeness (QED) is 0.605. The van der Waals surface area contributed by atoms with Crippen LogP contribution in [0.5, 0.6) is 0 Å². The van der Waals surface area contributed by atoms with Crippen molar-refractivity contribution in [2.45, 2.75) is 25.4 Å². The summed E-state index contributed by atoms with van der Waals surface area (Å²) in [6.07, 6.45) is -5.36. The fraction of sp³-hybridized carbons (Fsp3) is 0.235. The zero-order valence-corrected chi connectivity index (χ0v) is 13.9. The third kappa shape index (κ3) is 4.48. The van der Waals surface area contributed by atoms with Crippen molar-refractivity contribution in [3.63, 3.8) is 0 Å². The van der Waals surface area contributed by atoms with Crippen LogP contribution in [-0.4, -0.2) is 12.0 Å². The van der Waals surface area contributed by atoms with Crippen LogP contribution in [0.4, 0.5) is 17.6 Å². The molecule has 1 atom stereocenters. The van der Waals surface area contributed by atoms with Crippen LogP contribution < -0.4 is 0 Å². The maximum Gasteiger partial charge on any atom is 0.402 e. The molecule has 0 fully saturated rings. The Balaban J connectivity index is 2.37. The largest absolute Gasteiger partial charge is 0.402 e. The van der Waals surface area contributed by atoms with Crippen LogP contribution in [0.3, 0.4) is 0 Å². The standard InChI is InChI=1S/C17H12Cl2F4O/c1-9-2-3-10(4-14(9)20)5-15(24)16(17(21,22)23)11-6-12(18)8-13(19)7-11/h2-4,6-8,16H,5H2,1H3. The molecule has 1 unspecified atom stereocenters. The molecule has 0 saturated heterocycles. The molecule has 0 saturated carbocycles. The molecule has 0 aliphatic heterocycles. The molecule has 2 rings (SSSR count). The van der Waals surface area contributed by atoms with Gasteiger partial charge in [0.25, 0.3) is 0 Å². The number of ketones is 1.